The average Bonchev–Trinajstić information content (AvgIpc) is 2.29. The molecule has 0 N–H and O–H groups in total. The lowest BCUT2D eigenvalue weighted by Crippen LogP contribution is -2.33. The molecule has 3 nitrogen and oxygen atoms in total. The highest BCUT2D eigenvalue weighted by molar-refractivity contribution is 9.10. The number of likely N-dealkylation sites (N-methyl/N-ethyl adjacent to an activating group) is 1. The Bertz CT molecular complexity index is 439. The molecular formula is C13H15BrN2O. The number of ketones is 1. The van der Waals surface area contributed by atoms with Crippen LogP contribution in [0.2, 0.25) is 0 Å². The number of hydrogen-bond acceptors (Lipinski definition) is 3. The second-order valence-electron chi connectivity index (χ2n) is 4.06. The molecule has 0 radical (unpaired) electrons. The van der Waals surface area contributed by atoms with Crippen molar-refractivity contribution in [2.24, 2.45) is 0 Å². The first-order valence-corrected chi connectivity index (χ1v) is 6.20. The molecular weight excluding hydrogens is 280 g/mol. The van der Waals surface area contributed by atoms with Crippen molar-refractivity contribution in [1.82, 2.24) is 4.90 Å². The first kappa shape index (κ1) is 13.9. The van der Waals surface area contributed by atoms with Gasteiger partial charge in [-0.1, -0.05) is 28.1 Å². The smallest absolute Gasteiger partial charge is 0.176 e. The molecule has 1 unspecified atom stereocenters. The number of nitrogens with zero attached hydrogens (tertiary/aromatic N) is 2. The third kappa shape index (κ3) is 4.29. The van der Waals surface area contributed by atoms with Gasteiger partial charge in [0.05, 0.1) is 19.0 Å². The summed E-state index contributed by atoms with van der Waals surface area (Å²) in [4.78, 5) is 13.9. The van der Waals surface area contributed by atoms with E-state index in [2.05, 4.69) is 22.0 Å². The maximum absolute atomic E-state index is 12.0. The van der Waals surface area contributed by atoms with Crippen LogP contribution in [0, 0.1) is 11.3 Å². The minimum atomic E-state index is 0.0681. The van der Waals surface area contributed by atoms with Gasteiger partial charge in [-0.3, -0.25) is 9.69 Å². The van der Waals surface area contributed by atoms with Crippen LogP contribution in [-0.2, 0) is 0 Å². The minimum absolute atomic E-state index is 0.0681. The van der Waals surface area contributed by atoms with Crippen LogP contribution in [0.5, 0.6) is 0 Å². The Morgan fingerprint density at radius 1 is 1.59 bits per heavy atom. The Balaban J connectivity index is 2.64. The van der Waals surface area contributed by atoms with E-state index in [-0.39, 0.29) is 11.8 Å². The highest BCUT2D eigenvalue weighted by Crippen LogP contribution is 2.13. The van der Waals surface area contributed by atoms with E-state index in [1.165, 1.54) is 0 Å². The summed E-state index contributed by atoms with van der Waals surface area (Å²) in [6.45, 7) is 2.27. The normalized spacial score (nSPS) is 12.2. The van der Waals surface area contributed by atoms with E-state index < -0.39 is 0 Å². The van der Waals surface area contributed by atoms with Crippen LogP contribution >= 0.6 is 15.9 Å². The summed E-state index contributed by atoms with van der Waals surface area (Å²) in [6, 6.07) is 9.55. The number of carbonyl (C=O) groups is 1. The molecule has 0 bridgehead atoms. The van der Waals surface area contributed by atoms with Crippen molar-refractivity contribution in [3.63, 3.8) is 0 Å². The lowest BCUT2D eigenvalue weighted by molar-refractivity contribution is 0.0925. The molecule has 0 aliphatic carbocycles. The van der Waals surface area contributed by atoms with E-state index in [1.54, 1.807) is 6.07 Å². The zero-order valence-corrected chi connectivity index (χ0v) is 11.6. The van der Waals surface area contributed by atoms with Crippen molar-refractivity contribution in [3.8, 4) is 6.07 Å². The SMILES string of the molecule is CC(CC#N)N(C)CC(=O)c1cccc(Br)c1. The number of benzene rings is 1. The molecule has 0 heterocycles. The summed E-state index contributed by atoms with van der Waals surface area (Å²) in [5.74, 6) is 0.0681. The van der Waals surface area contributed by atoms with Gasteiger partial charge in [-0.2, -0.15) is 5.26 Å². The first-order valence-electron chi connectivity index (χ1n) is 5.40. The summed E-state index contributed by atoms with van der Waals surface area (Å²) in [6.07, 6.45) is 0.433. The van der Waals surface area contributed by atoms with E-state index in [0.29, 0.717) is 18.5 Å². The van der Waals surface area contributed by atoms with Gasteiger partial charge in [0.15, 0.2) is 5.78 Å². The van der Waals surface area contributed by atoms with Crippen LogP contribution in [0.15, 0.2) is 28.7 Å². The molecule has 1 atom stereocenters. The molecule has 0 saturated heterocycles. The number of nitriles is 1. The molecule has 17 heavy (non-hydrogen) atoms. The van der Waals surface area contributed by atoms with Crippen LogP contribution in [0.1, 0.15) is 23.7 Å². The van der Waals surface area contributed by atoms with Crippen molar-refractivity contribution in [3.05, 3.63) is 34.3 Å². The van der Waals surface area contributed by atoms with Gasteiger partial charge in [0.2, 0.25) is 0 Å². The number of Topliss-reactive ketones (excluding diaryl/α,β-unsaturated/α-hetero) is 1. The van der Waals surface area contributed by atoms with Crippen molar-refractivity contribution in [2.45, 2.75) is 19.4 Å². The summed E-state index contributed by atoms with van der Waals surface area (Å²) in [7, 11) is 1.86. The Labute approximate surface area is 110 Å². The quantitative estimate of drug-likeness (QED) is 0.785. The van der Waals surface area contributed by atoms with E-state index in [1.807, 2.05) is 37.1 Å². The predicted octanol–water partition coefficient (Wildman–Crippen LogP) is 2.87. The van der Waals surface area contributed by atoms with Gasteiger partial charge in [-0.25, -0.2) is 0 Å². The summed E-state index contributed by atoms with van der Waals surface area (Å²) >= 11 is 3.34. The fourth-order valence-electron chi connectivity index (χ4n) is 1.42. The van der Waals surface area contributed by atoms with Crippen molar-refractivity contribution >= 4 is 21.7 Å². The summed E-state index contributed by atoms with van der Waals surface area (Å²) in [5, 5.41) is 8.61. The molecule has 1 aromatic rings. The summed E-state index contributed by atoms with van der Waals surface area (Å²) in [5.41, 5.74) is 0.690. The minimum Gasteiger partial charge on any atom is -0.295 e. The molecule has 0 saturated carbocycles. The molecule has 1 rings (SSSR count). The monoisotopic (exact) mass is 294 g/mol. The number of halogens is 1. The van der Waals surface area contributed by atoms with E-state index in [9.17, 15) is 4.79 Å². The first-order chi connectivity index (χ1) is 8.04. The summed E-state index contributed by atoms with van der Waals surface area (Å²) < 4.78 is 0.899. The third-order valence-corrected chi connectivity index (χ3v) is 3.17. The highest BCUT2D eigenvalue weighted by atomic mass is 79.9. The lowest BCUT2D eigenvalue weighted by Gasteiger charge is -2.21. The number of hydrogen-bond donors (Lipinski definition) is 0. The van der Waals surface area contributed by atoms with Crippen LogP contribution in [0.3, 0.4) is 0 Å². The average molecular weight is 295 g/mol. The lowest BCUT2D eigenvalue weighted by atomic mass is 10.1. The van der Waals surface area contributed by atoms with Gasteiger partial charge in [0, 0.05) is 16.1 Å². The van der Waals surface area contributed by atoms with E-state index >= 15 is 0 Å². The number of carbonyl (C=O) groups excluding carboxylic acids is 1. The zero-order chi connectivity index (χ0) is 12.8. The molecule has 90 valence electrons. The third-order valence-electron chi connectivity index (χ3n) is 2.68. The van der Waals surface area contributed by atoms with Crippen LogP contribution in [-0.4, -0.2) is 30.3 Å². The molecule has 0 fully saturated rings. The van der Waals surface area contributed by atoms with Gasteiger partial charge in [-0.15, -0.1) is 0 Å². The molecule has 0 aliphatic rings. The van der Waals surface area contributed by atoms with Crippen molar-refractivity contribution in [1.29, 1.82) is 5.26 Å². The largest absolute Gasteiger partial charge is 0.295 e. The van der Waals surface area contributed by atoms with Crippen molar-refractivity contribution < 1.29 is 4.79 Å². The Morgan fingerprint density at radius 3 is 2.88 bits per heavy atom. The molecule has 4 heteroatoms. The second kappa shape index (κ2) is 6.53. The van der Waals surface area contributed by atoms with Crippen LogP contribution in [0.4, 0.5) is 0 Å². The molecule has 0 spiro atoms. The molecule has 0 amide bonds. The maximum atomic E-state index is 12.0. The molecule has 0 aliphatic heterocycles. The standard InChI is InChI=1S/C13H15BrN2O/c1-10(6-7-15)16(2)9-13(17)11-4-3-5-12(14)8-11/h3-5,8,10H,6,9H2,1-2H3. The van der Waals surface area contributed by atoms with Crippen LogP contribution in [0.25, 0.3) is 0 Å². The van der Waals surface area contributed by atoms with Crippen LogP contribution < -0.4 is 0 Å². The highest BCUT2D eigenvalue weighted by Gasteiger charge is 2.14. The van der Waals surface area contributed by atoms with E-state index in [0.717, 1.165) is 4.47 Å². The maximum Gasteiger partial charge on any atom is 0.176 e. The zero-order valence-electron chi connectivity index (χ0n) is 9.98. The topological polar surface area (TPSA) is 44.1 Å². The molecule has 1 aromatic carbocycles. The van der Waals surface area contributed by atoms with E-state index in [4.69, 9.17) is 5.26 Å². The fourth-order valence-corrected chi connectivity index (χ4v) is 1.82. The van der Waals surface area contributed by atoms with Gasteiger partial charge in [0.1, 0.15) is 0 Å². The Hall–Kier alpha value is -1.18. The van der Waals surface area contributed by atoms with Gasteiger partial charge in [0.25, 0.3) is 0 Å². The number of rotatable bonds is 5. The fraction of sp³-hybridized carbons (Fsp3) is 0.385. The van der Waals surface area contributed by atoms with Crippen molar-refractivity contribution in [2.75, 3.05) is 13.6 Å². The van der Waals surface area contributed by atoms with Gasteiger partial charge < -0.3 is 0 Å². The Kier molecular flexibility index (Phi) is 5.33. The predicted molar refractivity (Wildman–Crippen MR) is 70.8 cm³/mol. The Morgan fingerprint density at radius 2 is 2.29 bits per heavy atom. The second-order valence-corrected chi connectivity index (χ2v) is 4.98. The molecule has 0 aromatic heterocycles. The van der Waals surface area contributed by atoms with Gasteiger partial charge >= 0.3 is 0 Å². The van der Waals surface area contributed by atoms with Gasteiger partial charge in [-0.05, 0) is 26.1 Å².